The molecule has 6 nitrogen and oxygen atoms in total. The molecule has 0 heterocycles. The fourth-order valence-electron chi connectivity index (χ4n) is 3.57. The van der Waals surface area contributed by atoms with E-state index in [2.05, 4.69) is 10.6 Å². The molecule has 1 aliphatic rings. The summed E-state index contributed by atoms with van der Waals surface area (Å²) in [4.78, 5) is 24.9. The van der Waals surface area contributed by atoms with Crippen LogP contribution >= 0.6 is 0 Å². The van der Waals surface area contributed by atoms with Gasteiger partial charge in [-0.15, -0.1) is 0 Å². The van der Waals surface area contributed by atoms with Crippen molar-refractivity contribution in [2.75, 3.05) is 13.7 Å². The zero-order valence-electron chi connectivity index (χ0n) is 17.6. The Morgan fingerprint density at radius 2 is 1.79 bits per heavy atom. The molecule has 6 heteroatoms. The maximum absolute atomic E-state index is 12.5. The van der Waals surface area contributed by atoms with Crippen molar-refractivity contribution in [3.63, 3.8) is 0 Å². The maximum atomic E-state index is 12.5. The fourth-order valence-corrected chi connectivity index (χ4v) is 3.57. The summed E-state index contributed by atoms with van der Waals surface area (Å²) in [6.07, 6.45) is 5.89. The summed E-state index contributed by atoms with van der Waals surface area (Å²) >= 11 is 0. The van der Waals surface area contributed by atoms with Crippen molar-refractivity contribution in [2.45, 2.75) is 76.9 Å². The number of nitrogens with one attached hydrogen (secondary N) is 2. The third-order valence-corrected chi connectivity index (χ3v) is 4.95. The van der Waals surface area contributed by atoms with E-state index in [0.29, 0.717) is 6.54 Å². The molecular weight excluding hydrogens is 356 g/mol. The van der Waals surface area contributed by atoms with Crippen molar-refractivity contribution in [3.05, 3.63) is 29.8 Å². The van der Waals surface area contributed by atoms with E-state index in [-0.39, 0.29) is 12.3 Å². The Kier molecular flexibility index (Phi) is 7.72. The molecule has 1 aromatic carbocycles. The van der Waals surface area contributed by atoms with Gasteiger partial charge in [0.15, 0.2) is 0 Å². The summed E-state index contributed by atoms with van der Waals surface area (Å²) in [6, 6.07) is 7.49. The van der Waals surface area contributed by atoms with Crippen LogP contribution < -0.4 is 15.4 Å². The third kappa shape index (κ3) is 7.41. The smallest absolute Gasteiger partial charge is 0.408 e. The lowest BCUT2D eigenvalue weighted by molar-refractivity contribution is -0.120. The summed E-state index contributed by atoms with van der Waals surface area (Å²) in [5.41, 5.74) is -0.110. The first-order valence-corrected chi connectivity index (χ1v) is 10.1. The second kappa shape index (κ2) is 9.80. The number of amides is 2. The Balaban J connectivity index is 1.99. The highest BCUT2D eigenvalue weighted by atomic mass is 16.6. The largest absolute Gasteiger partial charge is 0.497 e. The Bertz CT molecular complexity index is 659. The van der Waals surface area contributed by atoms with Crippen LogP contribution in [0.15, 0.2) is 24.3 Å². The van der Waals surface area contributed by atoms with Crippen LogP contribution in [0.5, 0.6) is 5.75 Å². The van der Waals surface area contributed by atoms with E-state index in [4.69, 9.17) is 9.47 Å². The zero-order valence-corrected chi connectivity index (χ0v) is 17.6. The minimum Gasteiger partial charge on any atom is -0.497 e. The average molecular weight is 391 g/mol. The van der Waals surface area contributed by atoms with Crippen molar-refractivity contribution in [1.82, 2.24) is 10.6 Å². The lowest BCUT2D eigenvalue weighted by Crippen LogP contribution is -2.56. The Hall–Kier alpha value is -2.24. The molecule has 2 amide bonds. The summed E-state index contributed by atoms with van der Waals surface area (Å²) in [5.74, 6) is 0.667. The van der Waals surface area contributed by atoms with Crippen LogP contribution in [-0.4, -0.2) is 36.8 Å². The van der Waals surface area contributed by atoms with Gasteiger partial charge >= 0.3 is 6.09 Å². The zero-order chi connectivity index (χ0) is 20.6. The number of methoxy groups -OCH3 is 1. The Labute approximate surface area is 168 Å². The molecular formula is C22H34N2O4. The molecule has 28 heavy (non-hydrogen) atoms. The van der Waals surface area contributed by atoms with Gasteiger partial charge in [-0.3, -0.25) is 4.79 Å². The molecule has 0 aliphatic heterocycles. The monoisotopic (exact) mass is 390 g/mol. The highest BCUT2D eigenvalue weighted by molar-refractivity contribution is 5.79. The molecule has 1 aliphatic carbocycles. The topological polar surface area (TPSA) is 76.7 Å². The fraction of sp³-hybridized carbons (Fsp3) is 0.636. The first-order valence-electron chi connectivity index (χ1n) is 10.1. The van der Waals surface area contributed by atoms with Crippen LogP contribution in [0.2, 0.25) is 0 Å². The number of ether oxygens (including phenoxy) is 2. The minimum atomic E-state index is -0.550. The Morgan fingerprint density at radius 3 is 2.39 bits per heavy atom. The Morgan fingerprint density at radius 1 is 1.11 bits per heavy atom. The van der Waals surface area contributed by atoms with Crippen LogP contribution in [0.25, 0.3) is 0 Å². The van der Waals surface area contributed by atoms with Gasteiger partial charge in [0.2, 0.25) is 5.91 Å². The van der Waals surface area contributed by atoms with Gasteiger partial charge in [-0.05, 0) is 51.3 Å². The van der Waals surface area contributed by atoms with Crippen LogP contribution in [0.3, 0.4) is 0 Å². The number of carbonyl (C=O) groups excluding carboxylic acids is 2. The molecule has 0 unspecified atom stereocenters. The molecule has 0 bridgehead atoms. The van der Waals surface area contributed by atoms with Crippen molar-refractivity contribution in [3.8, 4) is 5.75 Å². The molecule has 2 rings (SSSR count). The number of hydrogen-bond donors (Lipinski definition) is 2. The highest BCUT2D eigenvalue weighted by Gasteiger charge is 2.34. The first kappa shape index (κ1) is 22.1. The molecule has 2 N–H and O–H groups in total. The van der Waals surface area contributed by atoms with Crippen LogP contribution in [0.1, 0.15) is 64.9 Å². The van der Waals surface area contributed by atoms with Crippen LogP contribution in [0.4, 0.5) is 4.79 Å². The molecule has 0 saturated heterocycles. The minimum absolute atomic E-state index is 0.0668. The summed E-state index contributed by atoms with van der Waals surface area (Å²) < 4.78 is 10.7. The summed E-state index contributed by atoms with van der Waals surface area (Å²) in [6.45, 7) is 5.96. The third-order valence-electron chi connectivity index (χ3n) is 4.95. The lowest BCUT2D eigenvalue weighted by Gasteiger charge is -2.35. The van der Waals surface area contributed by atoms with Crippen LogP contribution in [0, 0.1) is 0 Å². The van der Waals surface area contributed by atoms with E-state index in [0.717, 1.165) is 49.8 Å². The standard InChI is InChI=1S/C22H34N2O4/c1-21(2,3)28-20(26)24-22(12-7-5-6-8-13-22)16-23-19(25)15-17-10-9-11-18(14-17)27-4/h9-11,14H,5-8,12-13,15-16H2,1-4H3,(H,23,25)(H,24,26). The van der Waals surface area contributed by atoms with Gasteiger partial charge in [-0.2, -0.15) is 0 Å². The summed E-state index contributed by atoms with van der Waals surface area (Å²) in [5, 5.41) is 6.10. The number of benzene rings is 1. The van der Waals surface area contributed by atoms with Crippen molar-refractivity contribution in [1.29, 1.82) is 0 Å². The molecule has 0 spiro atoms. The van der Waals surface area contributed by atoms with Gasteiger partial charge in [-0.1, -0.05) is 37.8 Å². The van der Waals surface area contributed by atoms with E-state index in [1.165, 1.54) is 0 Å². The van der Waals surface area contributed by atoms with E-state index in [9.17, 15) is 9.59 Å². The van der Waals surface area contributed by atoms with E-state index < -0.39 is 17.2 Å². The number of rotatable bonds is 6. The average Bonchev–Trinajstić information content (AvgIpc) is 2.84. The predicted molar refractivity (Wildman–Crippen MR) is 110 cm³/mol. The second-order valence-electron chi connectivity index (χ2n) is 8.63. The van der Waals surface area contributed by atoms with E-state index in [1.54, 1.807) is 7.11 Å². The van der Waals surface area contributed by atoms with Crippen molar-refractivity contribution >= 4 is 12.0 Å². The molecule has 0 aromatic heterocycles. The number of hydrogen-bond acceptors (Lipinski definition) is 4. The van der Waals surface area contributed by atoms with Crippen molar-refractivity contribution < 1.29 is 19.1 Å². The summed E-state index contributed by atoms with van der Waals surface area (Å²) in [7, 11) is 1.61. The normalized spacial score (nSPS) is 16.6. The molecule has 0 radical (unpaired) electrons. The first-order chi connectivity index (χ1) is 13.2. The molecule has 1 aromatic rings. The van der Waals surface area contributed by atoms with Crippen molar-refractivity contribution in [2.24, 2.45) is 0 Å². The van der Waals surface area contributed by atoms with Crippen LogP contribution in [-0.2, 0) is 16.0 Å². The highest BCUT2D eigenvalue weighted by Crippen LogP contribution is 2.27. The number of alkyl carbamates (subject to hydrolysis) is 1. The lowest BCUT2D eigenvalue weighted by atomic mass is 9.90. The molecule has 156 valence electrons. The molecule has 0 atom stereocenters. The second-order valence-corrected chi connectivity index (χ2v) is 8.63. The number of carbonyl (C=O) groups is 2. The van der Waals surface area contributed by atoms with E-state index >= 15 is 0 Å². The quantitative estimate of drug-likeness (QED) is 0.721. The molecule has 1 saturated carbocycles. The van der Waals surface area contributed by atoms with E-state index in [1.807, 2.05) is 45.0 Å². The molecule has 1 fully saturated rings. The van der Waals surface area contributed by atoms with Gasteiger partial charge < -0.3 is 20.1 Å². The van der Waals surface area contributed by atoms with Gasteiger partial charge in [0.05, 0.1) is 19.1 Å². The van der Waals surface area contributed by atoms with Gasteiger partial charge in [-0.25, -0.2) is 4.79 Å². The predicted octanol–water partition coefficient (Wildman–Crippen LogP) is 3.97. The van der Waals surface area contributed by atoms with Gasteiger partial charge in [0.25, 0.3) is 0 Å². The SMILES string of the molecule is COc1cccc(CC(=O)NCC2(NC(=O)OC(C)(C)C)CCCCCC2)c1. The maximum Gasteiger partial charge on any atom is 0.408 e. The van der Waals surface area contributed by atoms with Gasteiger partial charge in [0, 0.05) is 6.54 Å². The van der Waals surface area contributed by atoms with Gasteiger partial charge in [0.1, 0.15) is 11.4 Å².